The van der Waals surface area contributed by atoms with Crippen LogP contribution >= 0.6 is 11.6 Å². The summed E-state index contributed by atoms with van der Waals surface area (Å²) in [5, 5.41) is 0.556. The first-order chi connectivity index (χ1) is 11.5. The molecule has 1 saturated heterocycles. The highest BCUT2D eigenvalue weighted by Crippen LogP contribution is 2.29. The van der Waals surface area contributed by atoms with Gasteiger partial charge in [-0.25, -0.2) is 12.8 Å². The maximum Gasteiger partial charge on any atom is 0.218 e. The van der Waals surface area contributed by atoms with Crippen LogP contribution < -0.4 is 0 Å². The van der Waals surface area contributed by atoms with Crippen molar-refractivity contribution in [3.05, 3.63) is 70.5 Å². The molecule has 24 heavy (non-hydrogen) atoms. The molecule has 3 rings (SSSR count). The SMILES string of the molecule is O=S(=O)(Cc1ccc(F)cc1)N1CCOC(c2ccccc2Cl)C1. The van der Waals surface area contributed by atoms with Crippen molar-refractivity contribution >= 4 is 21.6 Å². The van der Waals surface area contributed by atoms with Crippen LogP contribution in [0, 0.1) is 5.82 Å². The van der Waals surface area contributed by atoms with Crippen molar-refractivity contribution in [2.24, 2.45) is 0 Å². The number of morpholine rings is 1. The van der Waals surface area contributed by atoms with Crippen molar-refractivity contribution in [3.8, 4) is 0 Å². The van der Waals surface area contributed by atoms with Crippen LogP contribution in [0.2, 0.25) is 5.02 Å². The molecule has 0 radical (unpaired) electrons. The summed E-state index contributed by atoms with van der Waals surface area (Å²) in [4.78, 5) is 0. The molecule has 1 unspecified atom stereocenters. The van der Waals surface area contributed by atoms with Crippen LogP contribution in [0.25, 0.3) is 0 Å². The maximum absolute atomic E-state index is 13.0. The Morgan fingerprint density at radius 2 is 1.88 bits per heavy atom. The van der Waals surface area contributed by atoms with Gasteiger partial charge in [0.15, 0.2) is 0 Å². The first-order valence-corrected chi connectivity index (χ1v) is 9.53. The molecule has 128 valence electrons. The van der Waals surface area contributed by atoms with E-state index in [9.17, 15) is 12.8 Å². The van der Waals surface area contributed by atoms with Crippen molar-refractivity contribution in [1.29, 1.82) is 0 Å². The van der Waals surface area contributed by atoms with Crippen LogP contribution in [0.15, 0.2) is 48.5 Å². The minimum Gasteiger partial charge on any atom is -0.371 e. The second-order valence-electron chi connectivity index (χ2n) is 5.62. The van der Waals surface area contributed by atoms with E-state index in [4.69, 9.17) is 16.3 Å². The summed E-state index contributed by atoms with van der Waals surface area (Å²) in [5.74, 6) is -0.552. The summed E-state index contributed by atoms with van der Waals surface area (Å²) in [6, 6.07) is 12.7. The molecule has 0 saturated carbocycles. The summed E-state index contributed by atoms with van der Waals surface area (Å²) >= 11 is 6.18. The van der Waals surface area contributed by atoms with Gasteiger partial charge in [0, 0.05) is 23.7 Å². The standard InChI is InChI=1S/C17H17ClFNO3S/c18-16-4-2-1-3-15(16)17-11-20(9-10-23-17)24(21,22)12-13-5-7-14(19)8-6-13/h1-8,17H,9-12H2. The molecule has 1 aliphatic rings. The molecule has 0 N–H and O–H groups in total. The summed E-state index contributed by atoms with van der Waals surface area (Å²) in [5.41, 5.74) is 1.33. The van der Waals surface area contributed by atoms with E-state index in [-0.39, 0.29) is 18.1 Å². The molecule has 2 aromatic rings. The number of rotatable bonds is 4. The van der Waals surface area contributed by atoms with Gasteiger partial charge in [-0.05, 0) is 23.8 Å². The van der Waals surface area contributed by atoms with Crippen LogP contribution in [-0.4, -0.2) is 32.4 Å². The Bertz CT molecular complexity index is 811. The molecule has 7 heteroatoms. The predicted molar refractivity (Wildman–Crippen MR) is 90.7 cm³/mol. The average Bonchev–Trinajstić information content (AvgIpc) is 2.57. The highest BCUT2D eigenvalue weighted by atomic mass is 35.5. The van der Waals surface area contributed by atoms with Crippen LogP contribution in [0.1, 0.15) is 17.2 Å². The Hall–Kier alpha value is -1.47. The van der Waals surface area contributed by atoms with Gasteiger partial charge in [0.25, 0.3) is 0 Å². The molecule has 1 fully saturated rings. The van der Waals surface area contributed by atoms with E-state index < -0.39 is 16.1 Å². The highest BCUT2D eigenvalue weighted by molar-refractivity contribution is 7.88. The van der Waals surface area contributed by atoms with Crippen molar-refractivity contribution < 1.29 is 17.5 Å². The Kier molecular flexibility index (Phi) is 5.20. The molecule has 0 amide bonds. The lowest BCUT2D eigenvalue weighted by Gasteiger charge is -2.32. The number of hydrogen-bond acceptors (Lipinski definition) is 3. The van der Waals surface area contributed by atoms with Gasteiger partial charge < -0.3 is 4.74 Å². The number of hydrogen-bond donors (Lipinski definition) is 0. The zero-order valence-electron chi connectivity index (χ0n) is 12.9. The lowest BCUT2D eigenvalue weighted by Crippen LogP contribution is -2.42. The minimum absolute atomic E-state index is 0.164. The third kappa shape index (κ3) is 3.95. The van der Waals surface area contributed by atoms with Crippen molar-refractivity contribution in [1.82, 2.24) is 4.31 Å². The van der Waals surface area contributed by atoms with Gasteiger partial charge in [0.2, 0.25) is 10.0 Å². The van der Waals surface area contributed by atoms with Gasteiger partial charge in [-0.2, -0.15) is 4.31 Å². The van der Waals surface area contributed by atoms with Gasteiger partial charge in [-0.1, -0.05) is 41.9 Å². The third-order valence-corrected chi connectivity index (χ3v) is 6.10. The van der Waals surface area contributed by atoms with Gasteiger partial charge in [-0.15, -0.1) is 0 Å². The largest absolute Gasteiger partial charge is 0.371 e. The summed E-state index contributed by atoms with van der Waals surface area (Å²) < 4.78 is 45.4. The molecule has 2 aromatic carbocycles. The van der Waals surface area contributed by atoms with Crippen molar-refractivity contribution in [2.75, 3.05) is 19.7 Å². The third-order valence-electron chi connectivity index (χ3n) is 3.94. The lowest BCUT2D eigenvalue weighted by molar-refractivity contribution is -0.00254. The van der Waals surface area contributed by atoms with Gasteiger partial charge in [0.1, 0.15) is 5.82 Å². The summed E-state index contributed by atoms with van der Waals surface area (Å²) in [6.45, 7) is 0.816. The fourth-order valence-electron chi connectivity index (χ4n) is 2.69. The molecule has 1 heterocycles. The number of ether oxygens (including phenoxy) is 1. The van der Waals surface area contributed by atoms with Gasteiger partial charge in [0.05, 0.1) is 18.5 Å². The van der Waals surface area contributed by atoms with Gasteiger partial charge >= 0.3 is 0 Å². The molecule has 1 aliphatic heterocycles. The molecule has 0 aromatic heterocycles. The molecule has 0 spiro atoms. The van der Waals surface area contributed by atoms with E-state index in [1.54, 1.807) is 6.07 Å². The lowest BCUT2D eigenvalue weighted by atomic mass is 10.1. The number of benzene rings is 2. The first-order valence-electron chi connectivity index (χ1n) is 7.54. The number of nitrogens with zero attached hydrogens (tertiary/aromatic N) is 1. The number of halogens is 2. The Labute approximate surface area is 145 Å². The van der Waals surface area contributed by atoms with E-state index in [1.165, 1.54) is 28.6 Å². The van der Waals surface area contributed by atoms with E-state index in [0.717, 1.165) is 5.56 Å². The maximum atomic E-state index is 13.0. The zero-order chi connectivity index (χ0) is 17.2. The first kappa shape index (κ1) is 17.4. The van der Waals surface area contributed by atoms with Crippen LogP contribution in [0.5, 0.6) is 0 Å². The van der Waals surface area contributed by atoms with E-state index in [2.05, 4.69) is 0 Å². The van der Waals surface area contributed by atoms with Gasteiger partial charge in [-0.3, -0.25) is 0 Å². The predicted octanol–water partition coefficient (Wildman–Crippen LogP) is 3.38. The molecule has 1 atom stereocenters. The molecular weight excluding hydrogens is 353 g/mol. The average molecular weight is 370 g/mol. The number of sulfonamides is 1. The molecule has 4 nitrogen and oxygen atoms in total. The van der Waals surface area contributed by atoms with Crippen LogP contribution in [0.3, 0.4) is 0 Å². The van der Waals surface area contributed by atoms with Crippen LogP contribution in [0.4, 0.5) is 4.39 Å². The smallest absolute Gasteiger partial charge is 0.218 e. The Morgan fingerprint density at radius 3 is 2.58 bits per heavy atom. The molecular formula is C17H17ClFNO3S. The fraction of sp³-hybridized carbons (Fsp3) is 0.294. The Balaban J connectivity index is 1.76. The van der Waals surface area contributed by atoms with E-state index in [0.29, 0.717) is 23.7 Å². The molecule has 0 aliphatic carbocycles. The topological polar surface area (TPSA) is 46.6 Å². The quantitative estimate of drug-likeness (QED) is 0.830. The van der Waals surface area contributed by atoms with E-state index >= 15 is 0 Å². The second kappa shape index (κ2) is 7.19. The minimum atomic E-state index is -3.52. The monoisotopic (exact) mass is 369 g/mol. The molecule has 0 bridgehead atoms. The highest BCUT2D eigenvalue weighted by Gasteiger charge is 2.31. The van der Waals surface area contributed by atoms with Crippen LogP contribution in [-0.2, 0) is 20.5 Å². The van der Waals surface area contributed by atoms with E-state index in [1.807, 2.05) is 18.2 Å². The normalized spacial score (nSPS) is 19.3. The fourth-order valence-corrected chi connectivity index (χ4v) is 4.45. The zero-order valence-corrected chi connectivity index (χ0v) is 14.4. The van der Waals surface area contributed by atoms with Crippen molar-refractivity contribution in [2.45, 2.75) is 11.9 Å². The Morgan fingerprint density at radius 1 is 1.17 bits per heavy atom. The summed E-state index contributed by atoms with van der Waals surface area (Å²) in [6.07, 6.45) is -0.393. The summed E-state index contributed by atoms with van der Waals surface area (Å²) in [7, 11) is -3.52. The second-order valence-corrected chi connectivity index (χ2v) is 8.00. The van der Waals surface area contributed by atoms with Crippen molar-refractivity contribution in [3.63, 3.8) is 0 Å².